The molecule has 3 nitrogen and oxygen atoms in total. The van der Waals surface area contributed by atoms with Gasteiger partial charge in [-0.1, -0.05) is 18.2 Å². The number of rotatable bonds is 2. The van der Waals surface area contributed by atoms with Gasteiger partial charge in [0.15, 0.2) is 0 Å². The minimum atomic E-state index is -3.40. The molecule has 0 heterocycles. The molecular weight excluding hydrogens is 174 g/mol. The van der Waals surface area contributed by atoms with Crippen LogP contribution in [0.4, 0.5) is 0 Å². The van der Waals surface area contributed by atoms with Crippen molar-refractivity contribution in [3.8, 4) is 0 Å². The summed E-state index contributed by atoms with van der Waals surface area (Å²) in [5.74, 6) is 0. The monoisotopic (exact) mass is 184 g/mol. The molecule has 0 aliphatic rings. The minimum absolute atomic E-state index is 0.285. The highest BCUT2D eigenvalue weighted by molar-refractivity contribution is 7.89. The Kier molecular flexibility index (Phi) is 2.49. The molecule has 0 saturated carbocycles. The van der Waals surface area contributed by atoms with Gasteiger partial charge in [-0.2, -0.15) is 0 Å². The van der Waals surface area contributed by atoms with Crippen molar-refractivity contribution in [2.45, 2.75) is 11.8 Å². The van der Waals surface area contributed by atoms with Crippen LogP contribution in [0, 0.1) is 6.92 Å². The van der Waals surface area contributed by atoms with Gasteiger partial charge in [-0.15, -0.1) is 4.72 Å². The lowest BCUT2D eigenvalue weighted by Crippen LogP contribution is -2.12. The molecule has 1 radical (unpaired) electrons. The highest BCUT2D eigenvalue weighted by Crippen LogP contribution is 2.13. The molecule has 1 aromatic carbocycles. The van der Waals surface area contributed by atoms with Crippen molar-refractivity contribution in [2.24, 2.45) is 0 Å². The van der Waals surface area contributed by atoms with Crippen LogP contribution >= 0.6 is 0 Å². The van der Waals surface area contributed by atoms with E-state index >= 15 is 0 Å². The topological polar surface area (TPSA) is 48.2 Å². The molecule has 65 valence electrons. The molecule has 4 heteroatoms. The van der Waals surface area contributed by atoms with Crippen molar-refractivity contribution in [2.75, 3.05) is 7.05 Å². The third-order valence-corrected chi connectivity index (χ3v) is 3.11. The number of aryl methyl sites for hydroxylation is 1. The van der Waals surface area contributed by atoms with Gasteiger partial charge < -0.3 is 0 Å². The Labute approximate surface area is 72.5 Å². The van der Waals surface area contributed by atoms with Crippen molar-refractivity contribution >= 4 is 10.0 Å². The molecule has 0 unspecified atom stereocenters. The number of benzene rings is 1. The Bertz CT molecular complexity index is 370. The molecule has 1 rings (SSSR count). The molecule has 0 aliphatic carbocycles. The van der Waals surface area contributed by atoms with Crippen molar-refractivity contribution in [3.05, 3.63) is 29.8 Å². The highest BCUT2D eigenvalue weighted by atomic mass is 32.2. The summed E-state index contributed by atoms with van der Waals surface area (Å²) < 4.78 is 25.8. The van der Waals surface area contributed by atoms with E-state index in [0.29, 0.717) is 0 Å². The molecule has 0 bridgehead atoms. The van der Waals surface area contributed by atoms with Gasteiger partial charge in [-0.05, 0) is 18.6 Å². The summed E-state index contributed by atoms with van der Waals surface area (Å²) in [6.07, 6.45) is 0. The summed E-state index contributed by atoms with van der Waals surface area (Å²) in [6.45, 7) is 1.75. The zero-order chi connectivity index (χ0) is 9.19. The predicted molar refractivity (Wildman–Crippen MR) is 46.4 cm³/mol. The van der Waals surface area contributed by atoms with Crippen molar-refractivity contribution in [1.82, 2.24) is 4.72 Å². The second-order valence-corrected chi connectivity index (χ2v) is 4.18. The molecule has 0 N–H and O–H groups in total. The summed E-state index contributed by atoms with van der Waals surface area (Å²) in [5, 5.41) is 0. The van der Waals surface area contributed by atoms with E-state index in [9.17, 15) is 8.42 Å². The van der Waals surface area contributed by atoms with E-state index in [0.717, 1.165) is 5.56 Å². The SMILES string of the molecule is C[N]S(=O)(=O)c1ccccc1C. The molecule has 0 atom stereocenters. The maximum absolute atomic E-state index is 11.3. The van der Waals surface area contributed by atoms with Crippen LogP contribution in [-0.4, -0.2) is 15.5 Å². The highest BCUT2D eigenvalue weighted by Gasteiger charge is 2.13. The molecule has 0 spiro atoms. The van der Waals surface area contributed by atoms with Crippen LogP contribution in [0.3, 0.4) is 0 Å². The van der Waals surface area contributed by atoms with Gasteiger partial charge in [0.2, 0.25) is 0 Å². The Balaban J connectivity index is 3.30. The average Bonchev–Trinajstić information content (AvgIpc) is 2.05. The summed E-state index contributed by atoms with van der Waals surface area (Å²) in [5.41, 5.74) is 0.725. The smallest absolute Gasteiger partial charge is 0.206 e. The maximum Gasteiger partial charge on any atom is 0.256 e. The molecule has 0 aliphatic heterocycles. The molecule has 1 aromatic rings. The maximum atomic E-state index is 11.3. The Morgan fingerprint density at radius 3 is 2.33 bits per heavy atom. The predicted octanol–water partition coefficient (Wildman–Crippen LogP) is 0.918. The van der Waals surface area contributed by atoms with Gasteiger partial charge in [0.25, 0.3) is 10.0 Å². The molecule has 0 amide bonds. The lowest BCUT2D eigenvalue weighted by Gasteiger charge is -2.02. The Morgan fingerprint density at radius 1 is 1.25 bits per heavy atom. The number of sulfonamides is 1. The van der Waals surface area contributed by atoms with Gasteiger partial charge >= 0.3 is 0 Å². The van der Waals surface area contributed by atoms with Crippen molar-refractivity contribution in [3.63, 3.8) is 0 Å². The zero-order valence-electron chi connectivity index (χ0n) is 6.98. The van der Waals surface area contributed by atoms with Crippen molar-refractivity contribution < 1.29 is 8.42 Å². The first-order chi connectivity index (χ1) is 5.58. The number of nitrogens with zero attached hydrogens (tertiary/aromatic N) is 1. The lowest BCUT2D eigenvalue weighted by atomic mass is 10.2. The fourth-order valence-electron chi connectivity index (χ4n) is 0.944. The lowest BCUT2D eigenvalue weighted by molar-refractivity contribution is 0.586. The van der Waals surface area contributed by atoms with Gasteiger partial charge in [0.05, 0.1) is 4.90 Å². The molecule has 0 saturated heterocycles. The van der Waals surface area contributed by atoms with Crippen LogP contribution in [0.15, 0.2) is 29.2 Å². The van der Waals surface area contributed by atoms with Crippen LogP contribution in [-0.2, 0) is 10.0 Å². The van der Waals surface area contributed by atoms with E-state index in [2.05, 4.69) is 4.72 Å². The van der Waals surface area contributed by atoms with E-state index in [1.807, 2.05) is 0 Å². The van der Waals surface area contributed by atoms with Crippen LogP contribution < -0.4 is 4.72 Å². The zero-order valence-corrected chi connectivity index (χ0v) is 7.80. The van der Waals surface area contributed by atoms with Gasteiger partial charge in [-0.3, -0.25) is 0 Å². The fraction of sp³-hybridized carbons (Fsp3) is 0.250. The fourth-order valence-corrected chi connectivity index (χ4v) is 1.87. The number of hydrogen-bond donors (Lipinski definition) is 0. The minimum Gasteiger partial charge on any atom is -0.206 e. The van der Waals surface area contributed by atoms with Gasteiger partial charge in [0.1, 0.15) is 0 Å². The standard InChI is InChI=1S/C8H10NO2S/c1-7-5-3-4-6-8(7)12(10,11)9-2/h3-6H,1-2H3. The van der Waals surface area contributed by atoms with E-state index in [1.54, 1.807) is 31.2 Å². The quantitative estimate of drug-likeness (QED) is 0.686. The third kappa shape index (κ3) is 1.65. The first kappa shape index (κ1) is 9.22. The Hall–Kier alpha value is -0.870. The second kappa shape index (κ2) is 3.25. The molecule has 0 aromatic heterocycles. The normalized spacial score (nSPS) is 11.5. The molecular formula is C8H10NO2S. The van der Waals surface area contributed by atoms with E-state index in [-0.39, 0.29) is 4.90 Å². The number of hydrogen-bond acceptors (Lipinski definition) is 2. The summed E-state index contributed by atoms with van der Waals surface area (Å²) >= 11 is 0. The van der Waals surface area contributed by atoms with Crippen LogP contribution in [0.5, 0.6) is 0 Å². The van der Waals surface area contributed by atoms with E-state index < -0.39 is 10.0 Å². The average molecular weight is 184 g/mol. The Morgan fingerprint density at radius 2 is 1.83 bits per heavy atom. The van der Waals surface area contributed by atoms with Crippen LogP contribution in [0.1, 0.15) is 5.56 Å². The largest absolute Gasteiger partial charge is 0.256 e. The first-order valence-electron chi connectivity index (χ1n) is 3.49. The summed E-state index contributed by atoms with van der Waals surface area (Å²) in [6, 6.07) is 6.78. The van der Waals surface area contributed by atoms with E-state index in [4.69, 9.17) is 0 Å². The molecule has 12 heavy (non-hydrogen) atoms. The summed E-state index contributed by atoms with van der Waals surface area (Å²) in [7, 11) is -2.12. The van der Waals surface area contributed by atoms with Gasteiger partial charge in [0, 0.05) is 7.05 Å². The third-order valence-electron chi connectivity index (χ3n) is 1.61. The van der Waals surface area contributed by atoms with Crippen molar-refractivity contribution in [1.29, 1.82) is 0 Å². The van der Waals surface area contributed by atoms with Crippen LogP contribution in [0.25, 0.3) is 0 Å². The molecule has 0 fully saturated rings. The van der Waals surface area contributed by atoms with E-state index in [1.165, 1.54) is 7.05 Å². The van der Waals surface area contributed by atoms with Gasteiger partial charge in [-0.25, -0.2) is 8.42 Å². The van der Waals surface area contributed by atoms with Crippen LogP contribution in [0.2, 0.25) is 0 Å². The first-order valence-corrected chi connectivity index (χ1v) is 4.93. The second-order valence-electron chi connectivity index (χ2n) is 2.42. The summed E-state index contributed by atoms with van der Waals surface area (Å²) in [4.78, 5) is 0.285.